The Morgan fingerprint density at radius 1 is 1.30 bits per heavy atom. The summed E-state index contributed by atoms with van der Waals surface area (Å²) in [5.41, 5.74) is 1.80. The SMILES string of the molecule is CC(=O)C1=C(O)C(=O)N(c2ccc(Cl)c(C)c2)C1C1CCCC1. The predicted molar refractivity (Wildman–Crippen MR) is 89.8 cm³/mol. The second kappa shape index (κ2) is 6.00. The van der Waals surface area contributed by atoms with E-state index in [1.54, 1.807) is 17.0 Å². The zero-order valence-electron chi connectivity index (χ0n) is 13.3. The summed E-state index contributed by atoms with van der Waals surface area (Å²) in [6.45, 7) is 3.29. The fourth-order valence-electron chi connectivity index (χ4n) is 3.78. The first-order chi connectivity index (χ1) is 10.9. The number of rotatable bonds is 3. The van der Waals surface area contributed by atoms with E-state index < -0.39 is 11.7 Å². The van der Waals surface area contributed by atoms with E-state index in [0.717, 1.165) is 31.2 Å². The summed E-state index contributed by atoms with van der Waals surface area (Å²) in [6, 6.07) is 4.97. The number of hydrogen-bond donors (Lipinski definition) is 1. The third-order valence-electron chi connectivity index (χ3n) is 4.90. The van der Waals surface area contributed by atoms with Crippen molar-refractivity contribution in [3.05, 3.63) is 40.1 Å². The van der Waals surface area contributed by atoms with Crippen LogP contribution in [0.2, 0.25) is 5.02 Å². The summed E-state index contributed by atoms with van der Waals surface area (Å²) in [5, 5.41) is 10.9. The van der Waals surface area contributed by atoms with Crippen LogP contribution in [0.3, 0.4) is 0 Å². The van der Waals surface area contributed by atoms with Crippen LogP contribution in [0.25, 0.3) is 0 Å². The highest BCUT2D eigenvalue weighted by Gasteiger charge is 2.46. The van der Waals surface area contributed by atoms with Crippen molar-refractivity contribution in [2.24, 2.45) is 5.92 Å². The molecular weight excluding hydrogens is 314 g/mol. The van der Waals surface area contributed by atoms with E-state index in [-0.39, 0.29) is 23.3 Å². The van der Waals surface area contributed by atoms with E-state index in [1.165, 1.54) is 6.92 Å². The molecule has 1 aromatic rings. The number of anilines is 1. The first-order valence-electron chi connectivity index (χ1n) is 7.95. The van der Waals surface area contributed by atoms with E-state index in [4.69, 9.17) is 11.6 Å². The summed E-state index contributed by atoms with van der Waals surface area (Å²) >= 11 is 6.08. The third-order valence-corrected chi connectivity index (χ3v) is 5.32. The molecule has 0 radical (unpaired) electrons. The van der Waals surface area contributed by atoms with E-state index >= 15 is 0 Å². The number of ketones is 1. The Kier molecular flexibility index (Phi) is 4.19. The predicted octanol–water partition coefficient (Wildman–Crippen LogP) is 3.95. The Balaban J connectivity index is 2.08. The summed E-state index contributed by atoms with van der Waals surface area (Å²) in [7, 11) is 0. The van der Waals surface area contributed by atoms with Crippen molar-refractivity contribution in [3.8, 4) is 0 Å². The minimum Gasteiger partial charge on any atom is -0.503 e. The Labute approximate surface area is 140 Å². The lowest BCUT2D eigenvalue weighted by molar-refractivity contribution is -0.117. The first kappa shape index (κ1) is 16.1. The second-order valence-electron chi connectivity index (χ2n) is 6.42. The van der Waals surface area contributed by atoms with Gasteiger partial charge in [-0.05, 0) is 56.4 Å². The molecule has 0 aromatic heterocycles. The van der Waals surface area contributed by atoms with E-state index in [0.29, 0.717) is 10.7 Å². The minimum absolute atomic E-state index is 0.207. The molecule has 1 aliphatic carbocycles. The quantitative estimate of drug-likeness (QED) is 0.911. The Bertz CT molecular complexity index is 704. The van der Waals surface area contributed by atoms with Crippen molar-refractivity contribution in [1.29, 1.82) is 0 Å². The number of hydrogen-bond acceptors (Lipinski definition) is 3. The topological polar surface area (TPSA) is 57.6 Å². The molecule has 1 heterocycles. The highest BCUT2D eigenvalue weighted by molar-refractivity contribution is 6.31. The molecule has 1 aromatic carbocycles. The summed E-state index contributed by atoms with van der Waals surface area (Å²) in [5.74, 6) is -0.921. The number of carbonyl (C=O) groups is 2. The van der Waals surface area contributed by atoms with Crippen molar-refractivity contribution in [2.75, 3.05) is 4.90 Å². The number of halogens is 1. The van der Waals surface area contributed by atoms with E-state index in [9.17, 15) is 14.7 Å². The van der Waals surface area contributed by atoms with Gasteiger partial charge < -0.3 is 5.11 Å². The molecule has 23 heavy (non-hydrogen) atoms. The summed E-state index contributed by atoms with van der Waals surface area (Å²) in [6.07, 6.45) is 4.11. The highest BCUT2D eigenvalue weighted by atomic mass is 35.5. The number of carbonyl (C=O) groups excluding carboxylic acids is 2. The van der Waals surface area contributed by atoms with Crippen molar-refractivity contribution in [2.45, 2.75) is 45.6 Å². The molecule has 5 heteroatoms. The maximum Gasteiger partial charge on any atom is 0.294 e. The van der Waals surface area contributed by atoms with Crippen LogP contribution < -0.4 is 4.90 Å². The van der Waals surface area contributed by atoms with Crippen LogP contribution in [0.4, 0.5) is 5.69 Å². The highest BCUT2D eigenvalue weighted by Crippen LogP contribution is 2.41. The van der Waals surface area contributed by atoms with Gasteiger partial charge in [0.1, 0.15) is 0 Å². The van der Waals surface area contributed by atoms with E-state index in [2.05, 4.69) is 0 Å². The number of benzene rings is 1. The van der Waals surface area contributed by atoms with E-state index in [1.807, 2.05) is 13.0 Å². The molecule has 1 saturated carbocycles. The molecule has 1 atom stereocenters. The number of nitrogens with zero attached hydrogens (tertiary/aromatic N) is 1. The van der Waals surface area contributed by atoms with Gasteiger partial charge in [0, 0.05) is 10.7 Å². The molecule has 0 spiro atoms. The van der Waals surface area contributed by atoms with Gasteiger partial charge in [-0.3, -0.25) is 14.5 Å². The summed E-state index contributed by atoms with van der Waals surface area (Å²) < 4.78 is 0. The van der Waals surface area contributed by atoms with Gasteiger partial charge in [-0.25, -0.2) is 0 Å². The van der Waals surface area contributed by atoms with Crippen LogP contribution in [0.1, 0.15) is 38.2 Å². The number of aliphatic hydroxyl groups excluding tert-OH is 1. The molecule has 1 N–H and O–H groups in total. The lowest BCUT2D eigenvalue weighted by Gasteiger charge is -2.31. The normalized spacial score (nSPS) is 22.3. The smallest absolute Gasteiger partial charge is 0.294 e. The van der Waals surface area contributed by atoms with Crippen LogP contribution in [-0.4, -0.2) is 22.8 Å². The van der Waals surface area contributed by atoms with Gasteiger partial charge in [-0.15, -0.1) is 0 Å². The molecule has 1 unspecified atom stereocenters. The second-order valence-corrected chi connectivity index (χ2v) is 6.82. The molecular formula is C18H20ClNO3. The number of Topliss-reactive ketones (excluding diaryl/α,β-unsaturated/α-hetero) is 1. The number of aryl methyl sites for hydroxylation is 1. The minimum atomic E-state index is -0.492. The van der Waals surface area contributed by atoms with Crippen molar-refractivity contribution in [1.82, 2.24) is 0 Å². The van der Waals surface area contributed by atoms with Gasteiger partial charge in [-0.2, -0.15) is 0 Å². The summed E-state index contributed by atoms with van der Waals surface area (Å²) in [4.78, 5) is 26.2. The van der Waals surface area contributed by atoms with Crippen molar-refractivity contribution >= 4 is 29.0 Å². The van der Waals surface area contributed by atoms with Gasteiger partial charge in [-0.1, -0.05) is 24.4 Å². The largest absolute Gasteiger partial charge is 0.503 e. The monoisotopic (exact) mass is 333 g/mol. The van der Waals surface area contributed by atoms with Gasteiger partial charge in [0.2, 0.25) is 0 Å². The average Bonchev–Trinajstić information content (AvgIpc) is 3.10. The standard InChI is InChI=1S/C18H20ClNO3/c1-10-9-13(7-8-14(10)19)20-16(12-5-3-4-6-12)15(11(2)21)17(22)18(20)23/h7-9,12,16,22H,3-6H2,1-2H3. The molecule has 4 nitrogen and oxygen atoms in total. The Hall–Kier alpha value is -1.81. The lowest BCUT2D eigenvalue weighted by atomic mass is 9.90. The van der Waals surface area contributed by atoms with Crippen molar-refractivity contribution < 1.29 is 14.7 Å². The van der Waals surface area contributed by atoms with Crippen LogP contribution in [0.15, 0.2) is 29.5 Å². The van der Waals surface area contributed by atoms with Gasteiger partial charge in [0.05, 0.1) is 11.6 Å². The maximum atomic E-state index is 12.6. The molecule has 2 aliphatic rings. The van der Waals surface area contributed by atoms with Gasteiger partial charge in [0.25, 0.3) is 5.91 Å². The molecule has 3 rings (SSSR count). The molecule has 1 fully saturated rings. The van der Waals surface area contributed by atoms with Crippen LogP contribution in [-0.2, 0) is 9.59 Å². The maximum absolute atomic E-state index is 12.6. The number of amides is 1. The Morgan fingerprint density at radius 3 is 2.52 bits per heavy atom. The fraction of sp³-hybridized carbons (Fsp3) is 0.444. The fourth-order valence-corrected chi connectivity index (χ4v) is 3.89. The molecule has 0 bridgehead atoms. The van der Waals surface area contributed by atoms with Gasteiger partial charge >= 0.3 is 0 Å². The molecule has 0 saturated heterocycles. The Morgan fingerprint density at radius 2 is 1.96 bits per heavy atom. The van der Waals surface area contributed by atoms with Crippen LogP contribution >= 0.6 is 11.6 Å². The van der Waals surface area contributed by atoms with Crippen molar-refractivity contribution in [3.63, 3.8) is 0 Å². The zero-order chi connectivity index (χ0) is 16.7. The zero-order valence-corrected chi connectivity index (χ0v) is 14.1. The lowest BCUT2D eigenvalue weighted by Crippen LogP contribution is -2.41. The molecule has 122 valence electrons. The van der Waals surface area contributed by atoms with Crippen LogP contribution in [0, 0.1) is 12.8 Å². The molecule has 1 aliphatic heterocycles. The average molecular weight is 334 g/mol. The third kappa shape index (κ3) is 2.65. The van der Waals surface area contributed by atoms with Gasteiger partial charge in [0.15, 0.2) is 11.5 Å². The molecule has 1 amide bonds. The number of aliphatic hydroxyl groups is 1. The first-order valence-corrected chi connectivity index (χ1v) is 8.33. The van der Waals surface area contributed by atoms with Crippen LogP contribution in [0.5, 0.6) is 0 Å².